The summed E-state index contributed by atoms with van der Waals surface area (Å²) in [5.41, 5.74) is 2.65. The number of halogens is 2. The molecule has 1 aromatic heterocycles. The number of esters is 1. The highest BCUT2D eigenvalue weighted by atomic mass is 79.9. The monoisotopic (exact) mass is 784 g/mol. The van der Waals surface area contributed by atoms with Crippen molar-refractivity contribution in [3.8, 4) is 23.0 Å². The average molecular weight is 787 g/mol. The quantitative estimate of drug-likeness (QED) is 0.156. The molecule has 1 aliphatic heterocycles. The summed E-state index contributed by atoms with van der Waals surface area (Å²) in [6, 6.07) is 16.1. The maximum absolute atomic E-state index is 14.3. The van der Waals surface area contributed by atoms with Crippen LogP contribution in [0.25, 0.3) is 6.08 Å². The topological polar surface area (TPSA) is 97.6 Å². The van der Waals surface area contributed by atoms with Gasteiger partial charge in [-0.1, -0.05) is 61.4 Å². The zero-order valence-electron chi connectivity index (χ0n) is 26.8. The molecule has 4 aromatic rings. The predicted octanol–water partition coefficient (Wildman–Crippen LogP) is 6.71. The van der Waals surface area contributed by atoms with E-state index in [0.29, 0.717) is 49.2 Å². The molecule has 1 aliphatic rings. The van der Waals surface area contributed by atoms with Gasteiger partial charge in [-0.3, -0.25) is 9.36 Å². The SMILES string of the molecule is CCOC(=O)C1=C(C)N=c2s/c(=C/c3cc(Br)cc(OC)c3OCc3ccc(Br)cc3)c(=O)n2[C@H]1c1ccc(OC(C)C)c(OC)c1. The van der Waals surface area contributed by atoms with E-state index in [1.54, 1.807) is 46.3 Å². The number of fused-ring (bicyclic) bond motifs is 1. The third-order valence-electron chi connectivity index (χ3n) is 7.23. The molecule has 12 heteroatoms. The van der Waals surface area contributed by atoms with E-state index in [1.807, 2.05) is 56.3 Å². The number of aromatic nitrogens is 1. The van der Waals surface area contributed by atoms with Crippen molar-refractivity contribution in [2.45, 2.75) is 46.4 Å². The molecule has 1 atom stereocenters. The largest absolute Gasteiger partial charge is 0.493 e. The van der Waals surface area contributed by atoms with E-state index in [4.69, 9.17) is 28.7 Å². The third-order valence-corrected chi connectivity index (χ3v) is 9.20. The lowest BCUT2D eigenvalue weighted by molar-refractivity contribution is -0.139. The van der Waals surface area contributed by atoms with E-state index in [1.165, 1.54) is 15.9 Å². The van der Waals surface area contributed by atoms with Gasteiger partial charge < -0.3 is 23.7 Å². The minimum atomic E-state index is -0.820. The predicted molar refractivity (Wildman–Crippen MR) is 188 cm³/mol. The van der Waals surface area contributed by atoms with E-state index in [2.05, 4.69) is 31.9 Å². The van der Waals surface area contributed by atoms with Crippen LogP contribution in [0.5, 0.6) is 23.0 Å². The maximum Gasteiger partial charge on any atom is 0.338 e. The molecular weight excluding hydrogens is 752 g/mol. The van der Waals surface area contributed by atoms with Gasteiger partial charge in [0.25, 0.3) is 5.56 Å². The molecule has 0 spiro atoms. The summed E-state index contributed by atoms with van der Waals surface area (Å²) in [7, 11) is 3.12. The molecule has 2 heterocycles. The molecule has 246 valence electrons. The summed E-state index contributed by atoms with van der Waals surface area (Å²) < 4.78 is 32.6. The van der Waals surface area contributed by atoms with Gasteiger partial charge in [0.2, 0.25) is 0 Å². The summed E-state index contributed by atoms with van der Waals surface area (Å²) >= 11 is 8.25. The van der Waals surface area contributed by atoms with Crippen LogP contribution in [0.2, 0.25) is 0 Å². The lowest BCUT2D eigenvalue weighted by Gasteiger charge is -2.25. The van der Waals surface area contributed by atoms with Gasteiger partial charge in [0, 0.05) is 14.5 Å². The highest BCUT2D eigenvalue weighted by molar-refractivity contribution is 9.10. The van der Waals surface area contributed by atoms with Crippen molar-refractivity contribution in [3.05, 3.63) is 111 Å². The fourth-order valence-electron chi connectivity index (χ4n) is 5.19. The van der Waals surface area contributed by atoms with Gasteiger partial charge in [-0.05, 0) is 81.3 Å². The van der Waals surface area contributed by atoms with Crippen LogP contribution in [0.3, 0.4) is 0 Å². The number of ether oxygens (including phenoxy) is 5. The zero-order valence-corrected chi connectivity index (χ0v) is 30.7. The second-order valence-corrected chi connectivity index (χ2v) is 13.7. The lowest BCUT2D eigenvalue weighted by atomic mass is 9.95. The Morgan fingerprint density at radius 2 is 1.72 bits per heavy atom. The van der Waals surface area contributed by atoms with Crippen LogP contribution in [0.4, 0.5) is 0 Å². The fourth-order valence-corrected chi connectivity index (χ4v) is 6.95. The van der Waals surface area contributed by atoms with Crippen molar-refractivity contribution >= 4 is 55.2 Å². The molecule has 0 saturated carbocycles. The molecule has 0 N–H and O–H groups in total. The maximum atomic E-state index is 14.3. The molecule has 0 saturated heterocycles. The number of rotatable bonds is 11. The number of methoxy groups -OCH3 is 2. The molecule has 47 heavy (non-hydrogen) atoms. The molecule has 5 rings (SSSR count). The van der Waals surface area contributed by atoms with Crippen LogP contribution < -0.4 is 33.8 Å². The van der Waals surface area contributed by atoms with Crippen molar-refractivity contribution in [2.24, 2.45) is 4.99 Å². The normalized spacial score (nSPS) is 14.5. The summed E-state index contributed by atoms with van der Waals surface area (Å²) in [5, 5.41) is 0. The number of carbonyl (C=O) groups excluding carboxylic acids is 1. The van der Waals surface area contributed by atoms with Crippen LogP contribution in [0, 0.1) is 0 Å². The number of hydrogen-bond acceptors (Lipinski definition) is 9. The van der Waals surface area contributed by atoms with E-state index in [-0.39, 0.29) is 30.5 Å². The Hall–Kier alpha value is -3.87. The first-order valence-electron chi connectivity index (χ1n) is 14.8. The van der Waals surface area contributed by atoms with Crippen molar-refractivity contribution in [1.82, 2.24) is 4.57 Å². The first-order chi connectivity index (χ1) is 22.5. The van der Waals surface area contributed by atoms with E-state index in [0.717, 1.165) is 14.5 Å². The van der Waals surface area contributed by atoms with Gasteiger partial charge in [0.05, 0.1) is 48.8 Å². The molecule has 0 unspecified atom stereocenters. The van der Waals surface area contributed by atoms with E-state index >= 15 is 0 Å². The molecule has 0 fully saturated rings. The minimum Gasteiger partial charge on any atom is -0.493 e. The number of allylic oxidation sites excluding steroid dienone is 1. The molecular formula is C35H34Br2N2O7S. The zero-order chi connectivity index (χ0) is 33.8. The summed E-state index contributed by atoms with van der Waals surface area (Å²) in [5.74, 6) is 1.47. The Balaban J connectivity index is 1.67. The third kappa shape index (κ3) is 7.50. The smallest absolute Gasteiger partial charge is 0.338 e. The van der Waals surface area contributed by atoms with Crippen LogP contribution in [-0.2, 0) is 16.1 Å². The van der Waals surface area contributed by atoms with Gasteiger partial charge >= 0.3 is 5.97 Å². The van der Waals surface area contributed by atoms with Crippen LogP contribution in [-0.4, -0.2) is 37.5 Å². The van der Waals surface area contributed by atoms with Crippen LogP contribution >= 0.6 is 43.2 Å². The molecule has 0 radical (unpaired) electrons. The highest BCUT2D eigenvalue weighted by Crippen LogP contribution is 2.38. The van der Waals surface area contributed by atoms with Gasteiger partial charge in [-0.2, -0.15) is 0 Å². The minimum absolute atomic E-state index is 0.0787. The number of nitrogens with zero attached hydrogens (tertiary/aromatic N) is 2. The second-order valence-electron chi connectivity index (χ2n) is 10.8. The Morgan fingerprint density at radius 3 is 2.38 bits per heavy atom. The van der Waals surface area contributed by atoms with Gasteiger partial charge in [0.15, 0.2) is 27.8 Å². The van der Waals surface area contributed by atoms with Gasteiger partial charge in [-0.15, -0.1) is 0 Å². The van der Waals surface area contributed by atoms with E-state index in [9.17, 15) is 9.59 Å². The summed E-state index contributed by atoms with van der Waals surface area (Å²) in [4.78, 5) is 32.9. The van der Waals surface area contributed by atoms with Crippen molar-refractivity contribution < 1.29 is 28.5 Å². The number of thiazole rings is 1. The first kappa shape index (κ1) is 34.5. The fraction of sp³-hybridized carbons (Fsp3) is 0.286. The lowest BCUT2D eigenvalue weighted by Crippen LogP contribution is -2.40. The summed E-state index contributed by atoms with van der Waals surface area (Å²) in [6.45, 7) is 7.79. The first-order valence-corrected chi connectivity index (χ1v) is 17.2. The van der Waals surface area contributed by atoms with Crippen molar-refractivity contribution in [1.29, 1.82) is 0 Å². The van der Waals surface area contributed by atoms with E-state index < -0.39 is 12.0 Å². The molecule has 0 bridgehead atoms. The molecule has 9 nitrogen and oxygen atoms in total. The standard InChI is InChI=1S/C35H34Br2N2O7S/c1-7-44-34(41)30-20(4)38-35-39(31(30)22-10-13-26(46-19(2)3)27(15-22)42-5)33(40)29(47-35)16-23-14-25(37)17-28(43-6)32(23)45-18-21-8-11-24(36)12-9-21/h8-17,19,31H,7,18H2,1-6H3/b29-16+/t31-/m0/s1. The van der Waals surface area contributed by atoms with Gasteiger partial charge in [0.1, 0.15) is 6.61 Å². The highest BCUT2D eigenvalue weighted by Gasteiger charge is 2.34. The number of carbonyl (C=O) groups is 1. The Bertz CT molecular complexity index is 2020. The Kier molecular flexibility index (Phi) is 10.9. The average Bonchev–Trinajstić information content (AvgIpc) is 3.34. The summed E-state index contributed by atoms with van der Waals surface area (Å²) in [6.07, 6.45) is 1.68. The Morgan fingerprint density at radius 1 is 1.00 bits per heavy atom. The van der Waals surface area contributed by atoms with Crippen molar-refractivity contribution in [3.63, 3.8) is 0 Å². The Labute approximate surface area is 293 Å². The van der Waals surface area contributed by atoms with Crippen LogP contribution in [0.1, 0.15) is 50.4 Å². The molecule has 0 amide bonds. The number of benzene rings is 3. The second kappa shape index (κ2) is 14.9. The van der Waals surface area contributed by atoms with Gasteiger partial charge in [-0.25, -0.2) is 9.79 Å². The van der Waals surface area contributed by atoms with Crippen LogP contribution in [0.15, 0.2) is 84.6 Å². The molecule has 3 aromatic carbocycles. The van der Waals surface area contributed by atoms with Crippen molar-refractivity contribution in [2.75, 3.05) is 20.8 Å². The number of hydrogen-bond donors (Lipinski definition) is 0. The molecule has 0 aliphatic carbocycles.